The molecule has 26 heavy (non-hydrogen) atoms. The second kappa shape index (κ2) is 6.59. The fourth-order valence-electron chi connectivity index (χ4n) is 2.46. The molecular formula is C15H12F6N4O. The second-order valence-electron chi connectivity index (χ2n) is 5.66. The van der Waals surface area contributed by atoms with E-state index in [-0.39, 0.29) is 12.1 Å². The minimum Gasteiger partial charge on any atom is -0.324 e. The molecule has 0 saturated heterocycles. The number of azo groups is 1. The van der Waals surface area contributed by atoms with Gasteiger partial charge in [0.1, 0.15) is 0 Å². The maximum atomic E-state index is 13.0. The number of amides is 1. The third kappa shape index (κ3) is 3.79. The summed E-state index contributed by atoms with van der Waals surface area (Å²) in [6.45, 7) is 8.19. The monoisotopic (exact) mass is 378 g/mol. The van der Waals surface area contributed by atoms with E-state index in [2.05, 4.69) is 20.4 Å². The molecular weight excluding hydrogens is 366 g/mol. The van der Waals surface area contributed by atoms with E-state index in [9.17, 15) is 31.1 Å². The third-order valence-electron chi connectivity index (χ3n) is 3.99. The van der Waals surface area contributed by atoms with Crippen LogP contribution >= 0.6 is 0 Å². The van der Waals surface area contributed by atoms with Crippen molar-refractivity contribution in [2.24, 2.45) is 10.2 Å². The van der Waals surface area contributed by atoms with Gasteiger partial charge in [-0.3, -0.25) is 4.79 Å². The van der Waals surface area contributed by atoms with Gasteiger partial charge in [-0.2, -0.15) is 36.6 Å². The molecule has 0 fully saturated rings. The topological polar surface area (TPSA) is 58.2 Å². The number of halogens is 6. The molecule has 0 saturated carbocycles. The van der Waals surface area contributed by atoms with Gasteiger partial charge in [-0.25, -0.2) is 4.85 Å². The molecule has 0 aromatic heterocycles. The zero-order valence-corrected chi connectivity index (χ0v) is 13.2. The molecule has 2 atom stereocenters. The standard InChI is InChI=1S/C15H12F6N4O/c1-3-13(7-11(24-25-13)15(19,20)21)12(26)23-8-4-5-10(22-2)9(6-8)14(16,17)18/h4-6,11H,3,7H2,1H3,(H,23,26). The molecule has 0 bridgehead atoms. The van der Waals surface area contributed by atoms with Crippen LogP contribution in [0.15, 0.2) is 28.4 Å². The minimum absolute atomic E-state index is 0.110. The SMILES string of the molecule is [C-]#[N+]c1ccc(NC(=O)C2(CC)CC(C(F)(F)F)N=N2)cc1C(F)(F)F. The molecule has 140 valence electrons. The molecule has 2 unspecified atom stereocenters. The summed E-state index contributed by atoms with van der Waals surface area (Å²) < 4.78 is 77.2. The average molecular weight is 378 g/mol. The lowest BCUT2D eigenvalue weighted by Crippen LogP contribution is -2.42. The van der Waals surface area contributed by atoms with Crippen molar-refractivity contribution in [3.05, 3.63) is 35.2 Å². The van der Waals surface area contributed by atoms with E-state index in [1.165, 1.54) is 6.92 Å². The van der Waals surface area contributed by atoms with Gasteiger partial charge in [0.15, 0.2) is 17.3 Å². The van der Waals surface area contributed by atoms with Crippen molar-refractivity contribution in [3.63, 3.8) is 0 Å². The van der Waals surface area contributed by atoms with Crippen molar-refractivity contribution >= 4 is 17.3 Å². The Bertz CT molecular complexity index is 780. The second-order valence-corrected chi connectivity index (χ2v) is 5.66. The lowest BCUT2D eigenvalue weighted by Gasteiger charge is -2.23. The van der Waals surface area contributed by atoms with Gasteiger partial charge in [0.05, 0.1) is 12.1 Å². The lowest BCUT2D eigenvalue weighted by molar-refractivity contribution is -0.148. The summed E-state index contributed by atoms with van der Waals surface area (Å²) in [4.78, 5) is 15.1. The summed E-state index contributed by atoms with van der Waals surface area (Å²) in [6, 6.07) is 0.362. The first-order valence-corrected chi connectivity index (χ1v) is 7.32. The molecule has 2 rings (SSSR count). The molecule has 1 aromatic carbocycles. The van der Waals surface area contributed by atoms with Crippen molar-refractivity contribution in [1.82, 2.24) is 0 Å². The number of hydrogen-bond acceptors (Lipinski definition) is 3. The van der Waals surface area contributed by atoms with E-state index >= 15 is 0 Å². The van der Waals surface area contributed by atoms with Crippen LogP contribution < -0.4 is 5.32 Å². The fourth-order valence-corrected chi connectivity index (χ4v) is 2.46. The van der Waals surface area contributed by atoms with Crippen LogP contribution in [0.4, 0.5) is 37.7 Å². The number of carbonyl (C=O) groups excluding carboxylic acids is 1. The lowest BCUT2D eigenvalue weighted by atomic mass is 9.89. The molecule has 0 spiro atoms. The van der Waals surface area contributed by atoms with Gasteiger partial charge in [-0.05, 0) is 18.6 Å². The van der Waals surface area contributed by atoms with E-state index in [1.807, 2.05) is 0 Å². The Morgan fingerprint density at radius 3 is 2.46 bits per heavy atom. The van der Waals surface area contributed by atoms with E-state index in [0.29, 0.717) is 6.07 Å². The van der Waals surface area contributed by atoms with Gasteiger partial charge in [0.25, 0.3) is 5.91 Å². The number of carbonyl (C=O) groups is 1. The van der Waals surface area contributed by atoms with Crippen molar-refractivity contribution < 1.29 is 31.1 Å². The number of alkyl halides is 6. The number of benzene rings is 1. The van der Waals surface area contributed by atoms with Crippen molar-refractivity contribution in [2.45, 2.75) is 43.7 Å². The number of rotatable bonds is 3. The molecule has 1 N–H and O–H groups in total. The molecule has 1 aromatic rings. The van der Waals surface area contributed by atoms with Crippen LogP contribution in [0.2, 0.25) is 0 Å². The first kappa shape index (κ1) is 19.7. The maximum Gasteiger partial charge on any atom is 0.412 e. The Kier molecular flexibility index (Phi) is 4.98. The van der Waals surface area contributed by atoms with Gasteiger partial charge in [0, 0.05) is 12.1 Å². The Balaban J connectivity index is 2.27. The number of nitrogens with one attached hydrogen (secondary N) is 1. The first-order chi connectivity index (χ1) is 11.9. The van der Waals surface area contributed by atoms with Gasteiger partial charge in [-0.15, -0.1) is 0 Å². The van der Waals surface area contributed by atoms with Crippen LogP contribution in [-0.4, -0.2) is 23.7 Å². The van der Waals surface area contributed by atoms with E-state index in [1.54, 1.807) is 0 Å². The van der Waals surface area contributed by atoms with Gasteiger partial charge in [-0.1, -0.05) is 13.0 Å². The highest BCUT2D eigenvalue weighted by Crippen LogP contribution is 2.41. The zero-order valence-electron chi connectivity index (χ0n) is 13.2. The summed E-state index contributed by atoms with van der Waals surface area (Å²) in [5.41, 5.74) is -4.01. The number of hydrogen-bond donors (Lipinski definition) is 1. The Morgan fingerprint density at radius 2 is 2.00 bits per heavy atom. The third-order valence-corrected chi connectivity index (χ3v) is 3.99. The molecule has 0 aliphatic carbocycles. The van der Waals surface area contributed by atoms with Crippen LogP contribution in [0, 0.1) is 6.57 Å². The summed E-state index contributed by atoms with van der Waals surface area (Å²) in [5, 5.41) is 8.70. The summed E-state index contributed by atoms with van der Waals surface area (Å²) >= 11 is 0. The minimum atomic E-state index is -4.82. The van der Waals surface area contributed by atoms with Crippen LogP contribution in [0.25, 0.3) is 4.85 Å². The first-order valence-electron chi connectivity index (χ1n) is 7.32. The molecule has 5 nitrogen and oxygen atoms in total. The Morgan fingerprint density at radius 1 is 1.35 bits per heavy atom. The number of anilines is 1. The highest BCUT2D eigenvalue weighted by Gasteiger charge is 2.52. The van der Waals surface area contributed by atoms with Crippen LogP contribution in [0.1, 0.15) is 25.3 Å². The van der Waals surface area contributed by atoms with E-state index in [4.69, 9.17) is 6.57 Å². The van der Waals surface area contributed by atoms with Crippen LogP contribution in [0.3, 0.4) is 0 Å². The van der Waals surface area contributed by atoms with Crippen LogP contribution in [0.5, 0.6) is 0 Å². The van der Waals surface area contributed by atoms with Crippen molar-refractivity contribution in [1.29, 1.82) is 0 Å². The zero-order chi connectivity index (χ0) is 19.8. The van der Waals surface area contributed by atoms with Crippen molar-refractivity contribution in [2.75, 3.05) is 5.32 Å². The molecule has 1 aliphatic rings. The fraction of sp³-hybridized carbons (Fsp3) is 0.467. The highest BCUT2D eigenvalue weighted by molar-refractivity contribution is 5.98. The predicted octanol–water partition coefficient (Wildman–Crippen LogP) is 5.13. The normalized spacial score (nSPS) is 22.9. The molecule has 11 heteroatoms. The average Bonchev–Trinajstić information content (AvgIpc) is 3.00. The molecule has 1 heterocycles. The van der Waals surface area contributed by atoms with Gasteiger partial charge in [0.2, 0.25) is 0 Å². The predicted molar refractivity (Wildman–Crippen MR) is 78.7 cm³/mol. The smallest absolute Gasteiger partial charge is 0.324 e. The quantitative estimate of drug-likeness (QED) is 0.575. The molecule has 1 amide bonds. The highest BCUT2D eigenvalue weighted by atomic mass is 19.4. The number of nitrogens with zero attached hydrogens (tertiary/aromatic N) is 3. The van der Waals surface area contributed by atoms with Gasteiger partial charge < -0.3 is 5.32 Å². The van der Waals surface area contributed by atoms with Crippen LogP contribution in [-0.2, 0) is 11.0 Å². The molecule has 0 radical (unpaired) electrons. The largest absolute Gasteiger partial charge is 0.412 e. The Labute approximate surface area is 143 Å². The maximum absolute atomic E-state index is 13.0. The summed E-state index contributed by atoms with van der Waals surface area (Å²) in [6.07, 6.45) is -10.3. The summed E-state index contributed by atoms with van der Waals surface area (Å²) in [5.74, 6) is -0.987. The van der Waals surface area contributed by atoms with Crippen molar-refractivity contribution in [3.8, 4) is 0 Å². The van der Waals surface area contributed by atoms with E-state index in [0.717, 1.165) is 12.1 Å². The van der Waals surface area contributed by atoms with Gasteiger partial charge >= 0.3 is 12.4 Å². The summed E-state index contributed by atoms with van der Waals surface area (Å²) in [7, 11) is 0. The van der Waals surface area contributed by atoms with E-state index < -0.39 is 47.5 Å². The molecule has 1 aliphatic heterocycles. The Hall–Kier alpha value is -2.64.